The number of ether oxygens (including phenoxy) is 1. The average Bonchev–Trinajstić information content (AvgIpc) is 2.64. The molecule has 0 aliphatic rings. The fraction of sp³-hybridized carbons (Fsp3) is 0.222. The first-order valence-corrected chi connectivity index (χ1v) is 4.40. The quantitative estimate of drug-likeness (QED) is 0.808. The summed E-state index contributed by atoms with van der Waals surface area (Å²) in [6.07, 6.45) is 3.28. The summed E-state index contributed by atoms with van der Waals surface area (Å²) in [7, 11) is 3.42. The third kappa shape index (κ3) is 2.22. The molecule has 2 aromatic rings. The number of hydrogen-bond donors (Lipinski definition) is 1. The summed E-state index contributed by atoms with van der Waals surface area (Å²) in [6.45, 7) is 0. The van der Waals surface area contributed by atoms with Crippen LogP contribution in [-0.4, -0.2) is 26.9 Å². The van der Waals surface area contributed by atoms with E-state index in [0.717, 1.165) is 5.82 Å². The zero-order chi connectivity index (χ0) is 10.7. The number of anilines is 2. The van der Waals surface area contributed by atoms with Crippen LogP contribution >= 0.6 is 0 Å². The Balaban J connectivity index is 2.16. The van der Waals surface area contributed by atoms with Gasteiger partial charge >= 0.3 is 0 Å². The minimum absolute atomic E-state index is 0.517. The van der Waals surface area contributed by atoms with Crippen molar-refractivity contribution in [2.75, 3.05) is 12.4 Å². The van der Waals surface area contributed by atoms with Gasteiger partial charge in [0.15, 0.2) is 5.82 Å². The Morgan fingerprint density at radius 2 is 2.20 bits per heavy atom. The number of nitrogens with one attached hydrogen (secondary N) is 1. The first-order chi connectivity index (χ1) is 7.28. The fourth-order valence-electron chi connectivity index (χ4n) is 1.13. The van der Waals surface area contributed by atoms with Gasteiger partial charge in [-0.15, -0.1) is 0 Å². The number of aromatic nitrogens is 4. The van der Waals surface area contributed by atoms with Gasteiger partial charge in [0.25, 0.3) is 0 Å². The molecule has 0 fully saturated rings. The van der Waals surface area contributed by atoms with Crippen LogP contribution in [0.5, 0.6) is 5.88 Å². The second-order valence-corrected chi connectivity index (χ2v) is 2.95. The molecule has 0 saturated carbocycles. The standard InChI is InChI=1S/C9H11N5O/c1-14-4-3-7(13-14)12-8-5-9(15-2)11-6-10-8/h3-6H,1-2H3,(H,10,11,12,13). The van der Waals surface area contributed by atoms with Crippen LogP contribution in [0.3, 0.4) is 0 Å². The molecular formula is C9H11N5O. The van der Waals surface area contributed by atoms with Gasteiger partial charge in [0.05, 0.1) is 7.11 Å². The molecule has 0 unspecified atom stereocenters. The van der Waals surface area contributed by atoms with E-state index in [1.54, 1.807) is 17.9 Å². The van der Waals surface area contributed by atoms with Crippen molar-refractivity contribution in [2.45, 2.75) is 0 Å². The molecule has 15 heavy (non-hydrogen) atoms. The molecule has 0 amide bonds. The van der Waals surface area contributed by atoms with Gasteiger partial charge in [-0.3, -0.25) is 4.68 Å². The number of aryl methyl sites for hydroxylation is 1. The van der Waals surface area contributed by atoms with Crippen LogP contribution in [0.1, 0.15) is 0 Å². The highest BCUT2D eigenvalue weighted by Gasteiger charge is 2.00. The Hall–Kier alpha value is -2.11. The number of nitrogens with zero attached hydrogens (tertiary/aromatic N) is 4. The zero-order valence-electron chi connectivity index (χ0n) is 8.51. The first-order valence-electron chi connectivity index (χ1n) is 4.40. The van der Waals surface area contributed by atoms with Crippen LogP contribution in [0, 0.1) is 0 Å². The third-order valence-electron chi connectivity index (χ3n) is 1.82. The highest BCUT2D eigenvalue weighted by molar-refractivity contribution is 5.51. The molecule has 0 bridgehead atoms. The Labute approximate surface area is 86.9 Å². The maximum Gasteiger partial charge on any atom is 0.218 e. The molecule has 0 saturated heterocycles. The van der Waals surface area contributed by atoms with E-state index in [1.165, 1.54) is 6.33 Å². The molecule has 0 aromatic carbocycles. The van der Waals surface area contributed by atoms with Gasteiger partial charge in [-0.25, -0.2) is 9.97 Å². The monoisotopic (exact) mass is 205 g/mol. The molecule has 2 aromatic heterocycles. The molecule has 2 heterocycles. The SMILES string of the molecule is COc1cc(Nc2ccn(C)n2)ncn1. The van der Waals surface area contributed by atoms with Gasteiger partial charge in [0.2, 0.25) is 5.88 Å². The smallest absolute Gasteiger partial charge is 0.218 e. The Kier molecular flexibility index (Phi) is 2.49. The lowest BCUT2D eigenvalue weighted by atomic mass is 10.5. The predicted molar refractivity (Wildman–Crippen MR) is 55.1 cm³/mol. The minimum Gasteiger partial charge on any atom is -0.481 e. The van der Waals surface area contributed by atoms with E-state index in [9.17, 15) is 0 Å². The van der Waals surface area contributed by atoms with E-state index in [4.69, 9.17) is 4.74 Å². The van der Waals surface area contributed by atoms with Crippen molar-refractivity contribution in [3.8, 4) is 5.88 Å². The van der Waals surface area contributed by atoms with E-state index in [0.29, 0.717) is 11.7 Å². The highest BCUT2D eigenvalue weighted by atomic mass is 16.5. The minimum atomic E-state index is 0.517. The second-order valence-electron chi connectivity index (χ2n) is 2.95. The van der Waals surface area contributed by atoms with Crippen molar-refractivity contribution in [3.05, 3.63) is 24.7 Å². The van der Waals surface area contributed by atoms with Crippen molar-refractivity contribution in [1.29, 1.82) is 0 Å². The van der Waals surface area contributed by atoms with Crippen molar-refractivity contribution < 1.29 is 4.74 Å². The van der Waals surface area contributed by atoms with E-state index < -0.39 is 0 Å². The van der Waals surface area contributed by atoms with Crippen LogP contribution in [0.2, 0.25) is 0 Å². The molecule has 0 radical (unpaired) electrons. The van der Waals surface area contributed by atoms with Gasteiger partial charge in [-0.2, -0.15) is 5.10 Å². The summed E-state index contributed by atoms with van der Waals surface area (Å²) in [5, 5.41) is 7.20. The van der Waals surface area contributed by atoms with E-state index in [1.807, 2.05) is 19.3 Å². The molecule has 6 nitrogen and oxygen atoms in total. The lowest BCUT2D eigenvalue weighted by Crippen LogP contribution is -1.97. The van der Waals surface area contributed by atoms with Crippen molar-refractivity contribution in [2.24, 2.45) is 7.05 Å². The second kappa shape index (κ2) is 3.95. The summed E-state index contributed by atoms with van der Waals surface area (Å²) in [5.41, 5.74) is 0. The van der Waals surface area contributed by atoms with Crippen molar-refractivity contribution in [1.82, 2.24) is 19.7 Å². The normalized spacial score (nSPS) is 10.0. The van der Waals surface area contributed by atoms with Crippen LogP contribution < -0.4 is 10.1 Å². The fourth-order valence-corrected chi connectivity index (χ4v) is 1.13. The maximum atomic E-state index is 4.98. The largest absolute Gasteiger partial charge is 0.481 e. The molecule has 78 valence electrons. The summed E-state index contributed by atoms with van der Waals surface area (Å²) in [6, 6.07) is 3.56. The van der Waals surface area contributed by atoms with Crippen molar-refractivity contribution >= 4 is 11.6 Å². The van der Waals surface area contributed by atoms with Gasteiger partial charge in [-0.05, 0) is 0 Å². The molecule has 0 atom stereocenters. The first kappa shape index (κ1) is 9.45. The summed E-state index contributed by atoms with van der Waals surface area (Å²) < 4.78 is 6.69. The summed E-state index contributed by atoms with van der Waals surface area (Å²) >= 11 is 0. The topological polar surface area (TPSA) is 64.9 Å². The molecule has 2 rings (SSSR count). The lowest BCUT2D eigenvalue weighted by Gasteiger charge is -2.02. The Morgan fingerprint density at radius 1 is 1.33 bits per heavy atom. The Bertz CT molecular complexity index is 453. The predicted octanol–water partition coefficient (Wildman–Crippen LogP) is 0.962. The molecule has 1 N–H and O–H groups in total. The summed E-state index contributed by atoms with van der Waals surface area (Å²) in [4.78, 5) is 7.95. The lowest BCUT2D eigenvalue weighted by molar-refractivity contribution is 0.397. The maximum absolute atomic E-state index is 4.98. The van der Waals surface area contributed by atoms with Crippen LogP contribution in [0.15, 0.2) is 24.7 Å². The average molecular weight is 205 g/mol. The Morgan fingerprint density at radius 3 is 2.87 bits per heavy atom. The van der Waals surface area contributed by atoms with Gasteiger partial charge in [-0.1, -0.05) is 0 Å². The molecule has 6 heteroatoms. The third-order valence-corrected chi connectivity index (χ3v) is 1.82. The van der Waals surface area contributed by atoms with Gasteiger partial charge in [0.1, 0.15) is 12.1 Å². The molecule has 0 aliphatic carbocycles. The van der Waals surface area contributed by atoms with Crippen LogP contribution in [0.4, 0.5) is 11.6 Å². The summed E-state index contributed by atoms with van der Waals surface area (Å²) in [5.74, 6) is 1.90. The van der Waals surface area contributed by atoms with Crippen molar-refractivity contribution in [3.63, 3.8) is 0 Å². The molecule has 0 aliphatic heterocycles. The van der Waals surface area contributed by atoms with E-state index in [-0.39, 0.29) is 0 Å². The van der Waals surface area contributed by atoms with E-state index in [2.05, 4.69) is 20.4 Å². The van der Waals surface area contributed by atoms with Gasteiger partial charge < -0.3 is 10.1 Å². The number of methoxy groups -OCH3 is 1. The number of hydrogen-bond acceptors (Lipinski definition) is 5. The van der Waals surface area contributed by atoms with Crippen LogP contribution in [-0.2, 0) is 7.05 Å². The zero-order valence-corrected chi connectivity index (χ0v) is 8.51. The van der Waals surface area contributed by atoms with Crippen LogP contribution in [0.25, 0.3) is 0 Å². The highest BCUT2D eigenvalue weighted by Crippen LogP contribution is 2.14. The van der Waals surface area contributed by atoms with Gasteiger partial charge in [0, 0.05) is 25.4 Å². The van der Waals surface area contributed by atoms with E-state index >= 15 is 0 Å². The molecule has 0 spiro atoms. The molecular weight excluding hydrogens is 194 g/mol. The number of rotatable bonds is 3.